The van der Waals surface area contributed by atoms with E-state index in [2.05, 4.69) is 34.0 Å². The molecule has 0 unspecified atom stereocenters. The average molecular weight is 296 g/mol. The average Bonchev–Trinajstić information content (AvgIpc) is 2.50. The smallest absolute Gasteiger partial charge is 0.158 e. The zero-order valence-electron chi connectivity index (χ0n) is 13.7. The Morgan fingerprint density at radius 1 is 1.24 bits per heavy atom. The fraction of sp³-hybridized carbons (Fsp3) is 0.733. The number of nitrogens with one attached hydrogen (secondary N) is 1. The molecule has 0 saturated heterocycles. The molecule has 0 atom stereocenters. The van der Waals surface area contributed by atoms with Gasteiger partial charge in [-0.3, -0.25) is 0 Å². The molecule has 0 aromatic carbocycles. The third-order valence-electron chi connectivity index (χ3n) is 3.00. The zero-order chi connectivity index (χ0) is 15.5. The van der Waals surface area contributed by atoms with Gasteiger partial charge in [0.05, 0.1) is 6.61 Å². The van der Waals surface area contributed by atoms with E-state index in [-0.39, 0.29) is 0 Å². The standard InChI is InChI=1S/C15H28N4O2/c1-5-8-16-13-11-15(18-14(17-13)12-20-4)19(6-2)9-10-21-7-3/h11H,5-10,12H2,1-4H3,(H,16,17,18). The highest BCUT2D eigenvalue weighted by molar-refractivity contribution is 5.49. The van der Waals surface area contributed by atoms with Crippen LogP contribution in [0.4, 0.5) is 11.6 Å². The lowest BCUT2D eigenvalue weighted by Crippen LogP contribution is -2.28. The van der Waals surface area contributed by atoms with E-state index in [1.165, 1.54) is 0 Å². The van der Waals surface area contributed by atoms with E-state index in [4.69, 9.17) is 9.47 Å². The van der Waals surface area contributed by atoms with Gasteiger partial charge in [0.1, 0.15) is 18.2 Å². The van der Waals surface area contributed by atoms with Gasteiger partial charge >= 0.3 is 0 Å². The molecule has 0 bridgehead atoms. The molecule has 0 radical (unpaired) electrons. The second-order valence-corrected chi connectivity index (χ2v) is 4.66. The lowest BCUT2D eigenvalue weighted by molar-refractivity contribution is 0.154. The number of nitrogens with zero attached hydrogens (tertiary/aromatic N) is 3. The van der Waals surface area contributed by atoms with Gasteiger partial charge in [-0.05, 0) is 20.3 Å². The Kier molecular flexibility index (Phi) is 8.69. The SMILES string of the molecule is CCCNc1cc(N(CC)CCOCC)nc(COC)n1. The Morgan fingerprint density at radius 3 is 2.67 bits per heavy atom. The predicted molar refractivity (Wildman–Crippen MR) is 85.9 cm³/mol. The molecule has 1 N–H and O–H groups in total. The summed E-state index contributed by atoms with van der Waals surface area (Å²) in [6, 6.07) is 1.99. The third-order valence-corrected chi connectivity index (χ3v) is 3.00. The Bertz CT molecular complexity index is 401. The molecule has 21 heavy (non-hydrogen) atoms. The van der Waals surface area contributed by atoms with Gasteiger partial charge in [-0.25, -0.2) is 9.97 Å². The molecule has 0 amide bonds. The lowest BCUT2D eigenvalue weighted by atomic mass is 10.4. The minimum absolute atomic E-state index is 0.414. The Labute approximate surface area is 127 Å². The summed E-state index contributed by atoms with van der Waals surface area (Å²) in [6.45, 7) is 10.7. The topological polar surface area (TPSA) is 59.5 Å². The highest BCUT2D eigenvalue weighted by Gasteiger charge is 2.10. The van der Waals surface area contributed by atoms with Gasteiger partial charge < -0.3 is 19.7 Å². The monoisotopic (exact) mass is 296 g/mol. The molecule has 6 nitrogen and oxygen atoms in total. The van der Waals surface area contributed by atoms with Gasteiger partial charge in [-0.15, -0.1) is 0 Å². The molecular weight excluding hydrogens is 268 g/mol. The van der Waals surface area contributed by atoms with Crippen molar-refractivity contribution in [2.45, 2.75) is 33.8 Å². The Balaban J connectivity index is 2.87. The summed E-state index contributed by atoms with van der Waals surface area (Å²) in [6.07, 6.45) is 1.06. The number of ether oxygens (including phenoxy) is 2. The van der Waals surface area contributed by atoms with Crippen molar-refractivity contribution in [3.05, 3.63) is 11.9 Å². The van der Waals surface area contributed by atoms with E-state index in [0.717, 1.165) is 44.3 Å². The fourth-order valence-corrected chi connectivity index (χ4v) is 1.94. The molecule has 0 spiro atoms. The first-order chi connectivity index (χ1) is 10.2. The molecule has 0 aliphatic rings. The van der Waals surface area contributed by atoms with Crippen molar-refractivity contribution in [2.75, 3.05) is 50.2 Å². The summed E-state index contributed by atoms with van der Waals surface area (Å²) < 4.78 is 10.6. The predicted octanol–water partition coefficient (Wildman–Crippen LogP) is 2.31. The van der Waals surface area contributed by atoms with Gasteiger partial charge in [0.15, 0.2) is 5.82 Å². The largest absolute Gasteiger partial charge is 0.380 e. The molecule has 0 fully saturated rings. The van der Waals surface area contributed by atoms with Gasteiger partial charge in [0, 0.05) is 39.4 Å². The van der Waals surface area contributed by atoms with Crippen molar-refractivity contribution < 1.29 is 9.47 Å². The molecule has 0 saturated carbocycles. The van der Waals surface area contributed by atoms with E-state index in [1.807, 2.05) is 13.0 Å². The second kappa shape index (κ2) is 10.3. The zero-order valence-corrected chi connectivity index (χ0v) is 13.7. The summed E-state index contributed by atoms with van der Waals surface area (Å²) in [7, 11) is 1.65. The minimum atomic E-state index is 0.414. The molecule has 120 valence electrons. The molecule has 1 rings (SSSR count). The second-order valence-electron chi connectivity index (χ2n) is 4.66. The number of anilines is 2. The van der Waals surface area contributed by atoms with Crippen LogP contribution >= 0.6 is 0 Å². The summed E-state index contributed by atoms with van der Waals surface area (Å²) in [5.74, 6) is 2.46. The number of hydrogen-bond donors (Lipinski definition) is 1. The summed E-state index contributed by atoms with van der Waals surface area (Å²) in [5.41, 5.74) is 0. The summed E-state index contributed by atoms with van der Waals surface area (Å²) in [5, 5.41) is 3.32. The molecule has 0 aliphatic carbocycles. The van der Waals surface area contributed by atoms with Gasteiger partial charge in [0.2, 0.25) is 0 Å². The van der Waals surface area contributed by atoms with Crippen LogP contribution in [0.3, 0.4) is 0 Å². The van der Waals surface area contributed by atoms with Crippen LogP contribution in [-0.4, -0.2) is 49.9 Å². The number of likely N-dealkylation sites (N-methyl/N-ethyl adjacent to an activating group) is 1. The van der Waals surface area contributed by atoms with Crippen LogP contribution in [0, 0.1) is 0 Å². The van der Waals surface area contributed by atoms with Crippen LogP contribution in [0.1, 0.15) is 33.0 Å². The van der Waals surface area contributed by atoms with Crippen LogP contribution < -0.4 is 10.2 Å². The molecular formula is C15H28N4O2. The highest BCUT2D eigenvalue weighted by Crippen LogP contribution is 2.16. The van der Waals surface area contributed by atoms with Crippen LogP contribution in [0.5, 0.6) is 0 Å². The molecule has 6 heteroatoms. The van der Waals surface area contributed by atoms with Crippen molar-refractivity contribution in [3.63, 3.8) is 0 Å². The number of aromatic nitrogens is 2. The van der Waals surface area contributed by atoms with Gasteiger partial charge in [-0.2, -0.15) is 0 Å². The molecule has 1 aromatic heterocycles. The first-order valence-corrected chi connectivity index (χ1v) is 7.68. The van der Waals surface area contributed by atoms with Crippen molar-refractivity contribution in [3.8, 4) is 0 Å². The third kappa shape index (κ3) is 6.27. The van der Waals surface area contributed by atoms with E-state index in [0.29, 0.717) is 19.0 Å². The lowest BCUT2D eigenvalue weighted by Gasteiger charge is -2.23. The van der Waals surface area contributed by atoms with Crippen LogP contribution in [0.15, 0.2) is 6.07 Å². The minimum Gasteiger partial charge on any atom is -0.380 e. The number of methoxy groups -OCH3 is 1. The van der Waals surface area contributed by atoms with E-state index >= 15 is 0 Å². The van der Waals surface area contributed by atoms with Crippen molar-refractivity contribution in [2.24, 2.45) is 0 Å². The number of rotatable bonds is 11. The molecule has 1 aromatic rings. The van der Waals surface area contributed by atoms with Crippen LogP contribution in [-0.2, 0) is 16.1 Å². The van der Waals surface area contributed by atoms with E-state index in [1.54, 1.807) is 7.11 Å². The van der Waals surface area contributed by atoms with Gasteiger partial charge in [0.25, 0.3) is 0 Å². The highest BCUT2D eigenvalue weighted by atomic mass is 16.5. The first-order valence-electron chi connectivity index (χ1n) is 7.68. The van der Waals surface area contributed by atoms with Gasteiger partial charge in [-0.1, -0.05) is 6.92 Å². The molecule has 1 heterocycles. The maximum atomic E-state index is 5.43. The maximum absolute atomic E-state index is 5.43. The van der Waals surface area contributed by atoms with Crippen molar-refractivity contribution in [1.82, 2.24) is 9.97 Å². The van der Waals surface area contributed by atoms with E-state index < -0.39 is 0 Å². The van der Waals surface area contributed by atoms with E-state index in [9.17, 15) is 0 Å². The summed E-state index contributed by atoms with van der Waals surface area (Å²) in [4.78, 5) is 11.2. The van der Waals surface area contributed by atoms with Crippen LogP contribution in [0.25, 0.3) is 0 Å². The normalized spacial score (nSPS) is 10.7. The Hall–Kier alpha value is -1.40. The molecule has 0 aliphatic heterocycles. The quantitative estimate of drug-likeness (QED) is 0.632. The van der Waals surface area contributed by atoms with Crippen LogP contribution in [0.2, 0.25) is 0 Å². The van der Waals surface area contributed by atoms with Crippen molar-refractivity contribution in [1.29, 1.82) is 0 Å². The fourth-order valence-electron chi connectivity index (χ4n) is 1.94. The summed E-state index contributed by atoms with van der Waals surface area (Å²) >= 11 is 0. The Morgan fingerprint density at radius 2 is 2.05 bits per heavy atom. The van der Waals surface area contributed by atoms with Crippen molar-refractivity contribution >= 4 is 11.6 Å². The number of hydrogen-bond acceptors (Lipinski definition) is 6. The maximum Gasteiger partial charge on any atom is 0.158 e. The first kappa shape index (κ1) is 17.7.